The molecule has 24 heavy (non-hydrogen) atoms. The molecule has 1 fully saturated rings. The van der Waals surface area contributed by atoms with Gasteiger partial charge >= 0.3 is 0 Å². The number of nitrogens with one attached hydrogen (secondary N) is 1. The van der Waals surface area contributed by atoms with Crippen LogP contribution >= 0.6 is 11.6 Å². The fraction of sp³-hybridized carbons (Fsp3) is 0.312. The monoisotopic (exact) mass is 349 g/mol. The number of hydrogen-bond donors (Lipinski definition) is 1. The summed E-state index contributed by atoms with van der Waals surface area (Å²) in [4.78, 5) is 24.7. The van der Waals surface area contributed by atoms with Gasteiger partial charge in [-0.1, -0.05) is 11.6 Å². The van der Waals surface area contributed by atoms with Crippen molar-refractivity contribution in [2.24, 2.45) is 0 Å². The van der Waals surface area contributed by atoms with E-state index < -0.39 is 5.82 Å². The van der Waals surface area contributed by atoms with Crippen molar-refractivity contribution in [3.63, 3.8) is 0 Å². The van der Waals surface area contributed by atoms with Crippen LogP contribution in [-0.2, 0) is 4.79 Å². The molecule has 1 aliphatic rings. The lowest BCUT2D eigenvalue weighted by Crippen LogP contribution is -2.49. The van der Waals surface area contributed by atoms with Crippen molar-refractivity contribution in [2.75, 3.05) is 42.9 Å². The molecule has 3 rings (SSSR count). The number of carbonyl (C=O) groups excluding carboxylic acids is 1. The van der Waals surface area contributed by atoms with Gasteiger partial charge in [0.15, 0.2) is 0 Å². The van der Waals surface area contributed by atoms with Crippen LogP contribution < -0.4 is 10.2 Å². The smallest absolute Gasteiger partial charge is 0.238 e. The lowest BCUT2D eigenvalue weighted by atomic mass is 10.3. The molecule has 0 aliphatic carbocycles. The number of aromatic nitrogens is 2. The summed E-state index contributed by atoms with van der Waals surface area (Å²) in [5.41, 5.74) is 0.416. The zero-order chi connectivity index (χ0) is 16.9. The van der Waals surface area contributed by atoms with Crippen LogP contribution in [0.1, 0.15) is 0 Å². The quantitative estimate of drug-likeness (QED) is 0.915. The summed E-state index contributed by atoms with van der Waals surface area (Å²) in [6.45, 7) is 3.26. The third-order valence-corrected chi connectivity index (χ3v) is 4.09. The van der Waals surface area contributed by atoms with Gasteiger partial charge in [-0.05, 0) is 24.3 Å². The summed E-state index contributed by atoms with van der Waals surface area (Å²) in [5.74, 6) is 0.102. The number of halogens is 2. The van der Waals surface area contributed by atoms with Gasteiger partial charge < -0.3 is 10.2 Å². The maximum Gasteiger partial charge on any atom is 0.238 e. The van der Waals surface area contributed by atoms with Crippen molar-refractivity contribution in [2.45, 2.75) is 0 Å². The Balaban J connectivity index is 1.50. The molecule has 1 N–H and O–H groups in total. The van der Waals surface area contributed by atoms with Gasteiger partial charge in [-0.25, -0.2) is 14.4 Å². The first-order valence-corrected chi connectivity index (χ1v) is 7.99. The van der Waals surface area contributed by atoms with E-state index in [0.29, 0.717) is 11.6 Å². The van der Waals surface area contributed by atoms with Crippen molar-refractivity contribution < 1.29 is 9.18 Å². The second-order valence-corrected chi connectivity index (χ2v) is 5.89. The Kier molecular flexibility index (Phi) is 5.22. The number of rotatable bonds is 4. The molecule has 0 radical (unpaired) electrons. The van der Waals surface area contributed by atoms with Crippen LogP contribution in [0.4, 0.5) is 16.0 Å². The zero-order valence-corrected chi connectivity index (χ0v) is 13.7. The topological polar surface area (TPSA) is 61.4 Å². The predicted octanol–water partition coefficient (Wildman–Crippen LogP) is 2.03. The first-order valence-electron chi connectivity index (χ1n) is 7.61. The highest BCUT2D eigenvalue weighted by Crippen LogP contribution is 2.22. The van der Waals surface area contributed by atoms with Crippen molar-refractivity contribution >= 4 is 29.1 Å². The second kappa shape index (κ2) is 7.55. The molecule has 0 saturated carbocycles. The normalized spacial score (nSPS) is 15.3. The number of amides is 1. The molecule has 0 unspecified atom stereocenters. The van der Waals surface area contributed by atoms with E-state index in [1.165, 1.54) is 18.2 Å². The van der Waals surface area contributed by atoms with E-state index in [-0.39, 0.29) is 17.5 Å². The molecule has 1 saturated heterocycles. The summed E-state index contributed by atoms with van der Waals surface area (Å²) in [7, 11) is 0. The van der Waals surface area contributed by atoms with Gasteiger partial charge in [-0.3, -0.25) is 9.69 Å². The van der Waals surface area contributed by atoms with Gasteiger partial charge in [-0.15, -0.1) is 0 Å². The van der Waals surface area contributed by atoms with Crippen LogP contribution in [0.5, 0.6) is 0 Å². The van der Waals surface area contributed by atoms with Crippen LogP contribution in [-0.4, -0.2) is 53.5 Å². The van der Waals surface area contributed by atoms with Crippen molar-refractivity contribution in [1.82, 2.24) is 14.9 Å². The molecule has 6 nitrogen and oxygen atoms in total. The lowest BCUT2D eigenvalue weighted by Gasteiger charge is -2.34. The minimum atomic E-state index is -0.433. The number of carbonyl (C=O) groups is 1. The number of nitrogens with zero attached hydrogens (tertiary/aromatic N) is 4. The molecule has 0 spiro atoms. The highest BCUT2D eigenvalue weighted by molar-refractivity contribution is 6.33. The molecule has 0 atom stereocenters. The first-order chi connectivity index (χ1) is 11.6. The van der Waals surface area contributed by atoms with Crippen LogP contribution in [0.2, 0.25) is 5.02 Å². The highest BCUT2D eigenvalue weighted by Gasteiger charge is 2.20. The van der Waals surface area contributed by atoms with Gasteiger partial charge in [0, 0.05) is 38.6 Å². The maximum absolute atomic E-state index is 13.0. The molecule has 1 aromatic carbocycles. The molecule has 1 aliphatic heterocycles. The standard InChI is InChI=1S/C16H17ClFN5O/c17-13-10-12(18)2-3-14(13)21-15(24)11-22-6-8-23(9-7-22)16-19-4-1-5-20-16/h1-5,10H,6-9,11H2,(H,21,24). The second-order valence-electron chi connectivity index (χ2n) is 5.48. The van der Waals surface area contributed by atoms with Gasteiger partial charge in [0.25, 0.3) is 0 Å². The van der Waals surface area contributed by atoms with Crippen molar-refractivity contribution in [1.29, 1.82) is 0 Å². The summed E-state index contributed by atoms with van der Waals surface area (Å²) < 4.78 is 13.0. The fourth-order valence-corrected chi connectivity index (χ4v) is 2.76. The predicted molar refractivity (Wildman–Crippen MR) is 90.7 cm³/mol. The van der Waals surface area contributed by atoms with Crippen LogP contribution in [0.3, 0.4) is 0 Å². The minimum absolute atomic E-state index is 0.173. The first kappa shape index (κ1) is 16.6. The largest absolute Gasteiger partial charge is 0.338 e. The average molecular weight is 350 g/mol. The minimum Gasteiger partial charge on any atom is -0.338 e. The fourth-order valence-electron chi connectivity index (χ4n) is 2.54. The zero-order valence-electron chi connectivity index (χ0n) is 13.0. The van der Waals surface area contributed by atoms with E-state index in [1.807, 2.05) is 4.90 Å². The SMILES string of the molecule is O=C(CN1CCN(c2ncccn2)CC1)Nc1ccc(F)cc1Cl. The summed E-state index contributed by atoms with van der Waals surface area (Å²) in [6, 6.07) is 5.68. The van der Waals surface area contributed by atoms with Crippen molar-refractivity contribution in [3.8, 4) is 0 Å². The van der Waals surface area contributed by atoms with E-state index in [0.717, 1.165) is 26.2 Å². The van der Waals surface area contributed by atoms with E-state index >= 15 is 0 Å². The molecular formula is C16H17ClFN5O. The molecule has 8 heteroatoms. The van der Waals surface area contributed by atoms with Crippen LogP contribution in [0.15, 0.2) is 36.7 Å². The van der Waals surface area contributed by atoms with Gasteiger partial charge in [0.1, 0.15) is 5.82 Å². The Morgan fingerprint density at radius 1 is 1.21 bits per heavy atom. The summed E-state index contributed by atoms with van der Waals surface area (Å²) in [6.07, 6.45) is 3.43. The Morgan fingerprint density at radius 2 is 1.92 bits per heavy atom. The van der Waals surface area contributed by atoms with Gasteiger partial charge in [-0.2, -0.15) is 0 Å². The average Bonchev–Trinajstić information content (AvgIpc) is 2.59. The van der Waals surface area contributed by atoms with Crippen LogP contribution in [0, 0.1) is 5.82 Å². The third-order valence-electron chi connectivity index (χ3n) is 3.78. The number of hydrogen-bond acceptors (Lipinski definition) is 5. The molecule has 126 valence electrons. The molecule has 2 heterocycles. The molecule has 1 amide bonds. The van der Waals surface area contributed by atoms with E-state index in [2.05, 4.69) is 20.2 Å². The Bertz CT molecular complexity index is 707. The van der Waals surface area contributed by atoms with E-state index in [1.54, 1.807) is 18.5 Å². The van der Waals surface area contributed by atoms with Crippen LogP contribution in [0.25, 0.3) is 0 Å². The molecular weight excluding hydrogens is 333 g/mol. The van der Waals surface area contributed by atoms with Gasteiger partial charge in [0.2, 0.25) is 11.9 Å². The Labute approximate surface area is 144 Å². The summed E-state index contributed by atoms with van der Waals surface area (Å²) >= 11 is 5.91. The number of piperazine rings is 1. The maximum atomic E-state index is 13.0. The molecule has 0 bridgehead atoms. The molecule has 2 aromatic rings. The number of benzene rings is 1. The van der Waals surface area contributed by atoms with Crippen molar-refractivity contribution in [3.05, 3.63) is 47.5 Å². The Morgan fingerprint density at radius 3 is 2.58 bits per heavy atom. The van der Waals surface area contributed by atoms with E-state index in [4.69, 9.17) is 11.6 Å². The number of anilines is 2. The third kappa shape index (κ3) is 4.18. The summed E-state index contributed by atoms with van der Waals surface area (Å²) in [5, 5.41) is 2.90. The molecule has 1 aromatic heterocycles. The van der Waals surface area contributed by atoms with Gasteiger partial charge in [0.05, 0.1) is 17.3 Å². The lowest BCUT2D eigenvalue weighted by molar-refractivity contribution is -0.117. The highest BCUT2D eigenvalue weighted by atomic mass is 35.5. The van der Waals surface area contributed by atoms with E-state index in [9.17, 15) is 9.18 Å². The Hall–Kier alpha value is -2.25.